The highest BCUT2D eigenvalue weighted by Gasteiger charge is 2.34. The molecule has 1 aromatic rings. The summed E-state index contributed by atoms with van der Waals surface area (Å²) >= 11 is 0. The number of halogens is 4. The molecule has 1 unspecified atom stereocenters. The summed E-state index contributed by atoms with van der Waals surface area (Å²) in [6, 6.07) is 0.747. The molecule has 22 heavy (non-hydrogen) atoms. The highest BCUT2D eigenvalue weighted by molar-refractivity contribution is 7.90. The van der Waals surface area contributed by atoms with Crippen LogP contribution < -0.4 is 11.1 Å². The van der Waals surface area contributed by atoms with Gasteiger partial charge in [-0.1, -0.05) is 0 Å². The second kappa shape index (κ2) is 6.61. The summed E-state index contributed by atoms with van der Waals surface area (Å²) in [5.74, 6) is -2.66. The first kappa shape index (κ1) is 18.4. The van der Waals surface area contributed by atoms with Crippen molar-refractivity contribution in [2.75, 3.05) is 17.3 Å². The van der Waals surface area contributed by atoms with Gasteiger partial charge >= 0.3 is 6.18 Å². The van der Waals surface area contributed by atoms with Gasteiger partial charge in [0.05, 0.1) is 17.4 Å². The van der Waals surface area contributed by atoms with Gasteiger partial charge in [-0.05, 0) is 24.6 Å². The predicted molar refractivity (Wildman–Crippen MR) is 72.3 cm³/mol. The van der Waals surface area contributed by atoms with E-state index in [0.717, 1.165) is 12.3 Å². The average Bonchev–Trinajstić information content (AvgIpc) is 2.35. The molecular weight excluding hydrogens is 328 g/mol. The molecule has 0 aliphatic carbocycles. The van der Waals surface area contributed by atoms with E-state index in [9.17, 15) is 30.8 Å². The van der Waals surface area contributed by atoms with E-state index in [0.29, 0.717) is 12.1 Å². The van der Waals surface area contributed by atoms with Crippen molar-refractivity contribution in [3.63, 3.8) is 0 Å². The van der Waals surface area contributed by atoms with Crippen LogP contribution in [0.5, 0.6) is 0 Å². The Kier molecular flexibility index (Phi) is 5.52. The SMILES string of the molecule is CS(=O)(=O)CCC(N)C(=O)Nc1ccc(F)c(C(F)(F)F)c1. The molecule has 5 nitrogen and oxygen atoms in total. The van der Waals surface area contributed by atoms with Crippen LogP contribution in [0.1, 0.15) is 12.0 Å². The van der Waals surface area contributed by atoms with Gasteiger partial charge in [0.1, 0.15) is 15.7 Å². The molecular formula is C12H14F4N2O3S. The second-order valence-electron chi connectivity index (χ2n) is 4.71. The number of carbonyl (C=O) groups excluding carboxylic acids is 1. The summed E-state index contributed by atoms with van der Waals surface area (Å²) in [7, 11) is -3.32. The van der Waals surface area contributed by atoms with Crippen molar-refractivity contribution < 1.29 is 30.8 Å². The van der Waals surface area contributed by atoms with Gasteiger partial charge in [-0.25, -0.2) is 12.8 Å². The molecule has 10 heteroatoms. The number of amides is 1. The van der Waals surface area contributed by atoms with Crippen LogP contribution in [-0.2, 0) is 20.8 Å². The molecule has 1 rings (SSSR count). The molecule has 0 saturated heterocycles. The van der Waals surface area contributed by atoms with E-state index in [1.165, 1.54) is 0 Å². The zero-order valence-corrected chi connectivity index (χ0v) is 12.3. The summed E-state index contributed by atoms with van der Waals surface area (Å²) in [5, 5.41) is 2.09. The lowest BCUT2D eigenvalue weighted by Gasteiger charge is -2.14. The number of benzene rings is 1. The Labute approximate surface area is 124 Å². The monoisotopic (exact) mass is 342 g/mol. The molecule has 0 radical (unpaired) electrons. The minimum absolute atomic E-state index is 0.183. The van der Waals surface area contributed by atoms with Crippen LogP contribution >= 0.6 is 0 Å². The fourth-order valence-electron chi connectivity index (χ4n) is 1.53. The number of sulfone groups is 1. The lowest BCUT2D eigenvalue weighted by atomic mass is 10.1. The topological polar surface area (TPSA) is 89.3 Å². The molecule has 0 spiro atoms. The number of carbonyl (C=O) groups is 1. The van der Waals surface area contributed by atoms with Gasteiger partial charge < -0.3 is 11.1 Å². The van der Waals surface area contributed by atoms with Crippen LogP contribution in [0, 0.1) is 5.82 Å². The highest BCUT2D eigenvalue weighted by atomic mass is 32.2. The van der Waals surface area contributed by atoms with Crippen molar-refractivity contribution in [3.05, 3.63) is 29.6 Å². The minimum Gasteiger partial charge on any atom is -0.325 e. The van der Waals surface area contributed by atoms with Crippen molar-refractivity contribution in [2.45, 2.75) is 18.6 Å². The normalized spacial score (nSPS) is 13.7. The maximum absolute atomic E-state index is 13.1. The number of alkyl halides is 3. The van der Waals surface area contributed by atoms with Crippen LogP contribution in [0.2, 0.25) is 0 Å². The standard InChI is InChI=1S/C12H14F4N2O3S/c1-22(20,21)5-4-10(17)11(19)18-7-2-3-9(13)8(6-7)12(14,15)16/h2-3,6,10H,4-5,17H2,1H3,(H,18,19). The third-order valence-corrected chi connectivity index (χ3v) is 3.65. The number of hydrogen-bond acceptors (Lipinski definition) is 4. The van der Waals surface area contributed by atoms with Gasteiger partial charge in [-0.2, -0.15) is 13.2 Å². The molecule has 0 bridgehead atoms. The van der Waals surface area contributed by atoms with Crippen molar-refractivity contribution in [2.24, 2.45) is 5.73 Å². The van der Waals surface area contributed by atoms with E-state index in [1.54, 1.807) is 0 Å². The van der Waals surface area contributed by atoms with E-state index >= 15 is 0 Å². The van der Waals surface area contributed by atoms with E-state index in [4.69, 9.17) is 5.73 Å². The first-order chi connectivity index (χ1) is 9.90. The molecule has 1 aromatic carbocycles. The smallest absolute Gasteiger partial charge is 0.325 e. The number of anilines is 1. The number of hydrogen-bond donors (Lipinski definition) is 2. The highest BCUT2D eigenvalue weighted by Crippen LogP contribution is 2.32. The molecule has 0 aromatic heterocycles. The molecule has 1 amide bonds. The Bertz CT molecular complexity index is 659. The average molecular weight is 342 g/mol. The van der Waals surface area contributed by atoms with Crippen LogP contribution in [0.4, 0.5) is 23.2 Å². The molecule has 0 saturated carbocycles. The zero-order chi connectivity index (χ0) is 17.1. The van der Waals surface area contributed by atoms with Crippen molar-refractivity contribution >= 4 is 21.4 Å². The number of nitrogens with two attached hydrogens (primary N) is 1. The third-order valence-electron chi connectivity index (χ3n) is 2.68. The lowest BCUT2D eigenvalue weighted by Crippen LogP contribution is -2.37. The van der Waals surface area contributed by atoms with Crippen molar-refractivity contribution in [1.29, 1.82) is 0 Å². The molecule has 0 aliphatic heterocycles. The fourth-order valence-corrected chi connectivity index (χ4v) is 2.21. The zero-order valence-electron chi connectivity index (χ0n) is 11.4. The van der Waals surface area contributed by atoms with E-state index < -0.39 is 39.3 Å². The molecule has 0 aliphatic rings. The van der Waals surface area contributed by atoms with Gasteiger partial charge in [-0.3, -0.25) is 4.79 Å². The Morgan fingerprint density at radius 1 is 1.36 bits per heavy atom. The first-order valence-corrected chi connectivity index (χ1v) is 8.07. The Balaban J connectivity index is 2.80. The maximum atomic E-state index is 13.1. The quantitative estimate of drug-likeness (QED) is 0.795. The van der Waals surface area contributed by atoms with E-state index in [-0.39, 0.29) is 17.9 Å². The fraction of sp³-hybridized carbons (Fsp3) is 0.417. The number of rotatable bonds is 5. The number of nitrogens with one attached hydrogen (secondary N) is 1. The van der Waals surface area contributed by atoms with E-state index in [1.807, 2.05) is 0 Å². The van der Waals surface area contributed by atoms with Crippen LogP contribution in [-0.4, -0.2) is 32.4 Å². The second-order valence-corrected chi connectivity index (χ2v) is 6.97. The van der Waals surface area contributed by atoms with Gasteiger partial charge in [-0.15, -0.1) is 0 Å². The van der Waals surface area contributed by atoms with Crippen LogP contribution in [0.15, 0.2) is 18.2 Å². The molecule has 124 valence electrons. The summed E-state index contributed by atoms with van der Waals surface area (Å²) in [6.07, 6.45) is -4.12. The van der Waals surface area contributed by atoms with Crippen LogP contribution in [0.3, 0.4) is 0 Å². The Morgan fingerprint density at radius 2 is 1.95 bits per heavy atom. The lowest BCUT2D eigenvalue weighted by molar-refractivity contribution is -0.140. The largest absolute Gasteiger partial charge is 0.419 e. The maximum Gasteiger partial charge on any atom is 0.419 e. The molecule has 1 atom stereocenters. The van der Waals surface area contributed by atoms with Crippen molar-refractivity contribution in [3.8, 4) is 0 Å². The van der Waals surface area contributed by atoms with Gasteiger partial charge in [0.25, 0.3) is 0 Å². The van der Waals surface area contributed by atoms with E-state index in [2.05, 4.69) is 5.32 Å². The van der Waals surface area contributed by atoms with Crippen LogP contribution in [0.25, 0.3) is 0 Å². The van der Waals surface area contributed by atoms with Gasteiger partial charge in [0, 0.05) is 11.9 Å². The Morgan fingerprint density at radius 3 is 2.45 bits per heavy atom. The Hall–Kier alpha value is -1.68. The van der Waals surface area contributed by atoms with Gasteiger partial charge in [0.2, 0.25) is 5.91 Å². The van der Waals surface area contributed by atoms with Crippen molar-refractivity contribution in [1.82, 2.24) is 0 Å². The summed E-state index contributed by atoms with van der Waals surface area (Å²) < 4.78 is 72.6. The summed E-state index contributed by atoms with van der Waals surface area (Å²) in [6.45, 7) is 0. The molecule has 3 N–H and O–H groups in total. The minimum atomic E-state index is -4.90. The third kappa shape index (κ3) is 5.60. The summed E-state index contributed by atoms with van der Waals surface area (Å²) in [4.78, 5) is 11.7. The first-order valence-electron chi connectivity index (χ1n) is 6.01. The molecule has 0 heterocycles. The summed E-state index contributed by atoms with van der Waals surface area (Å²) in [5.41, 5.74) is 3.65. The van der Waals surface area contributed by atoms with Gasteiger partial charge in [0.15, 0.2) is 0 Å². The molecule has 0 fully saturated rings. The predicted octanol–water partition coefficient (Wildman–Crippen LogP) is 1.55.